The van der Waals surface area contributed by atoms with E-state index in [0.29, 0.717) is 5.02 Å². The molecule has 3 aromatic rings. The third-order valence-corrected chi connectivity index (χ3v) is 4.62. The highest BCUT2D eigenvalue weighted by atomic mass is 35.5. The van der Waals surface area contributed by atoms with Gasteiger partial charge in [-0.3, -0.25) is 9.78 Å². The maximum Gasteiger partial charge on any atom is 0.232 e. The molecule has 0 saturated heterocycles. The molecule has 1 aliphatic heterocycles. The number of rotatable bonds is 2. The highest BCUT2D eigenvalue weighted by molar-refractivity contribution is 6.30. The molecule has 24 heavy (non-hydrogen) atoms. The van der Waals surface area contributed by atoms with Crippen molar-refractivity contribution in [2.45, 2.75) is 12.3 Å². The molecule has 1 aromatic heterocycles. The molecular formula is C19H16ClN3O. The van der Waals surface area contributed by atoms with Crippen LogP contribution in [0.15, 0.2) is 54.9 Å². The summed E-state index contributed by atoms with van der Waals surface area (Å²) in [6, 6.07) is 13.5. The fourth-order valence-corrected chi connectivity index (χ4v) is 3.38. The monoisotopic (exact) mass is 337 g/mol. The first-order chi connectivity index (χ1) is 11.7. The number of nitrogens with one attached hydrogen (secondary N) is 2. The van der Waals surface area contributed by atoms with E-state index in [1.165, 1.54) is 0 Å². The molecule has 1 aliphatic rings. The number of anilines is 2. The van der Waals surface area contributed by atoms with Crippen molar-refractivity contribution in [3.63, 3.8) is 0 Å². The summed E-state index contributed by atoms with van der Waals surface area (Å²) in [5.74, 6) is -0.253. The smallest absolute Gasteiger partial charge is 0.232 e. The number of benzene rings is 2. The van der Waals surface area contributed by atoms with Crippen LogP contribution in [0.5, 0.6) is 0 Å². The van der Waals surface area contributed by atoms with Gasteiger partial charge in [0.15, 0.2) is 0 Å². The summed E-state index contributed by atoms with van der Waals surface area (Å²) in [4.78, 5) is 17.1. The predicted molar refractivity (Wildman–Crippen MR) is 97.7 cm³/mol. The van der Waals surface area contributed by atoms with E-state index in [4.69, 9.17) is 11.6 Å². The van der Waals surface area contributed by atoms with Gasteiger partial charge >= 0.3 is 0 Å². The number of nitrogens with zero attached hydrogens (tertiary/aromatic N) is 1. The zero-order valence-corrected chi connectivity index (χ0v) is 13.7. The Morgan fingerprint density at radius 2 is 2.08 bits per heavy atom. The van der Waals surface area contributed by atoms with E-state index in [9.17, 15) is 4.79 Å². The normalized spacial score (nSPS) is 16.3. The quantitative estimate of drug-likeness (QED) is 0.727. The first kappa shape index (κ1) is 15.0. The number of aromatic nitrogens is 1. The third kappa shape index (κ3) is 2.69. The lowest BCUT2D eigenvalue weighted by molar-refractivity contribution is -0.117. The van der Waals surface area contributed by atoms with Crippen molar-refractivity contribution in [1.29, 1.82) is 0 Å². The van der Waals surface area contributed by atoms with Crippen molar-refractivity contribution >= 4 is 39.7 Å². The van der Waals surface area contributed by atoms with Crippen LogP contribution in [-0.2, 0) is 4.79 Å². The molecule has 0 aliphatic carbocycles. The van der Waals surface area contributed by atoms with Crippen LogP contribution in [0.3, 0.4) is 0 Å². The minimum Gasteiger partial charge on any atom is -0.385 e. The van der Waals surface area contributed by atoms with Crippen LogP contribution in [0, 0.1) is 0 Å². The zero-order valence-electron chi connectivity index (χ0n) is 12.9. The van der Waals surface area contributed by atoms with Crippen molar-refractivity contribution < 1.29 is 4.79 Å². The number of hydrogen-bond acceptors (Lipinski definition) is 3. The van der Waals surface area contributed by atoms with Gasteiger partial charge in [-0.25, -0.2) is 0 Å². The molecule has 5 heteroatoms. The van der Waals surface area contributed by atoms with E-state index in [1.54, 1.807) is 12.4 Å². The maximum atomic E-state index is 12.9. The lowest BCUT2D eigenvalue weighted by atomic mass is 9.90. The summed E-state index contributed by atoms with van der Waals surface area (Å²) in [5.41, 5.74) is 2.65. The molecule has 0 spiro atoms. The number of hydrogen-bond donors (Lipinski definition) is 2. The van der Waals surface area contributed by atoms with E-state index in [1.807, 2.05) is 42.5 Å². The van der Waals surface area contributed by atoms with E-state index in [-0.39, 0.29) is 11.8 Å². The predicted octanol–water partition coefficient (Wildman–Crippen LogP) is 4.43. The molecule has 120 valence electrons. The van der Waals surface area contributed by atoms with Gasteiger partial charge in [-0.2, -0.15) is 0 Å². The Labute approximate surface area is 144 Å². The Balaban J connectivity index is 1.67. The number of carbonyl (C=O) groups is 1. The largest absolute Gasteiger partial charge is 0.385 e. The van der Waals surface area contributed by atoms with E-state index in [0.717, 1.165) is 40.7 Å². The topological polar surface area (TPSA) is 54.0 Å². The number of halogens is 1. The van der Waals surface area contributed by atoms with Crippen LogP contribution >= 0.6 is 11.6 Å². The average Bonchev–Trinajstić information content (AvgIpc) is 2.61. The van der Waals surface area contributed by atoms with Gasteiger partial charge in [-0.05, 0) is 30.2 Å². The number of amides is 1. The molecule has 2 heterocycles. The fraction of sp³-hybridized carbons (Fsp3) is 0.158. The van der Waals surface area contributed by atoms with Crippen LogP contribution in [0.1, 0.15) is 17.9 Å². The van der Waals surface area contributed by atoms with Crippen molar-refractivity contribution in [2.24, 2.45) is 0 Å². The minimum atomic E-state index is -0.223. The Kier molecular flexibility index (Phi) is 3.82. The molecule has 0 bridgehead atoms. The summed E-state index contributed by atoms with van der Waals surface area (Å²) in [6.07, 6.45) is 4.22. The van der Waals surface area contributed by atoms with Gasteiger partial charge in [-0.1, -0.05) is 35.9 Å². The second-order valence-corrected chi connectivity index (χ2v) is 6.33. The Morgan fingerprint density at radius 1 is 1.21 bits per heavy atom. The highest BCUT2D eigenvalue weighted by Gasteiger charge is 2.27. The van der Waals surface area contributed by atoms with Crippen molar-refractivity contribution in [1.82, 2.24) is 4.98 Å². The SMILES string of the molecule is O=C(Nc1cncc2ccccc12)[C@H]1CCNc2ccc(Cl)cc21. The third-order valence-electron chi connectivity index (χ3n) is 4.38. The minimum absolute atomic E-state index is 0.0295. The van der Waals surface area contributed by atoms with Gasteiger partial charge < -0.3 is 10.6 Å². The Bertz CT molecular complexity index is 920. The van der Waals surface area contributed by atoms with Gasteiger partial charge in [0.2, 0.25) is 5.91 Å². The number of carbonyl (C=O) groups excluding carboxylic acids is 1. The highest BCUT2D eigenvalue weighted by Crippen LogP contribution is 2.34. The second-order valence-electron chi connectivity index (χ2n) is 5.90. The molecule has 1 atom stereocenters. The molecule has 0 radical (unpaired) electrons. The Morgan fingerprint density at radius 3 is 3.00 bits per heavy atom. The van der Waals surface area contributed by atoms with Crippen LogP contribution in [0.2, 0.25) is 5.02 Å². The molecule has 1 amide bonds. The Hall–Kier alpha value is -2.59. The lowest BCUT2D eigenvalue weighted by Gasteiger charge is -2.26. The van der Waals surface area contributed by atoms with E-state index >= 15 is 0 Å². The molecule has 4 rings (SSSR count). The van der Waals surface area contributed by atoms with Crippen LogP contribution in [0.4, 0.5) is 11.4 Å². The molecule has 2 N–H and O–H groups in total. The van der Waals surface area contributed by atoms with E-state index < -0.39 is 0 Å². The number of fused-ring (bicyclic) bond motifs is 2. The van der Waals surface area contributed by atoms with Gasteiger partial charge in [0.25, 0.3) is 0 Å². The van der Waals surface area contributed by atoms with Crippen LogP contribution in [0.25, 0.3) is 10.8 Å². The van der Waals surface area contributed by atoms with Gasteiger partial charge in [0, 0.05) is 34.2 Å². The van der Waals surface area contributed by atoms with Crippen LogP contribution < -0.4 is 10.6 Å². The average molecular weight is 338 g/mol. The van der Waals surface area contributed by atoms with Crippen molar-refractivity contribution in [3.8, 4) is 0 Å². The molecule has 2 aromatic carbocycles. The van der Waals surface area contributed by atoms with Gasteiger partial charge in [-0.15, -0.1) is 0 Å². The van der Waals surface area contributed by atoms with Crippen molar-refractivity contribution in [3.05, 3.63) is 65.4 Å². The molecule has 0 unspecified atom stereocenters. The van der Waals surface area contributed by atoms with Gasteiger partial charge in [0.1, 0.15) is 0 Å². The summed E-state index contributed by atoms with van der Waals surface area (Å²) in [5, 5.41) is 8.99. The van der Waals surface area contributed by atoms with Gasteiger partial charge in [0.05, 0.1) is 17.8 Å². The fourth-order valence-electron chi connectivity index (χ4n) is 3.20. The summed E-state index contributed by atoms with van der Waals surface area (Å²) in [6.45, 7) is 0.764. The molecular weight excluding hydrogens is 322 g/mol. The molecule has 4 nitrogen and oxygen atoms in total. The molecule has 0 fully saturated rings. The lowest BCUT2D eigenvalue weighted by Crippen LogP contribution is -2.27. The first-order valence-corrected chi connectivity index (χ1v) is 8.27. The first-order valence-electron chi connectivity index (χ1n) is 7.89. The van der Waals surface area contributed by atoms with E-state index in [2.05, 4.69) is 15.6 Å². The summed E-state index contributed by atoms with van der Waals surface area (Å²) >= 11 is 6.12. The second kappa shape index (κ2) is 6.13. The number of pyridine rings is 1. The standard InChI is InChI=1S/C19H16ClN3O/c20-13-5-6-17-16(9-13)15(7-8-22-17)19(24)23-18-11-21-10-12-3-1-2-4-14(12)18/h1-6,9-11,15,22H,7-8H2,(H,23,24)/t15-/m0/s1. The maximum absolute atomic E-state index is 12.9. The molecule has 0 saturated carbocycles. The summed E-state index contributed by atoms with van der Waals surface area (Å²) in [7, 11) is 0. The summed E-state index contributed by atoms with van der Waals surface area (Å²) < 4.78 is 0. The zero-order chi connectivity index (χ0) is 16.5. The van der Waals surface area contributed by atoms with Crippen molar-refractivity contribution in [2.75, 3.05) is 17.2 Å². The van der Waals surface area contributed by atoms with Crippen LogP contribution in [-0.4, -0.2) is 17.4 Å².